The molecule has 0 aromatic rings. The van der Waals surface area contributed by atoms with Gasteiger partial charge in [0.2, 0.25) is 5.91 Å². The maximum absolute atomic E-state index is 11.9. The Kier molecular flexibility index (Phi) is 3.61. The van der Waals surface area contributed by atoms with Crippen LogP contribution in [0.15, 0.2) is 0 Å². The number of hydrogen-bond acceptors (Lipinski definition) is 4. The average Bonchev–Trinajstić information content (AvgIpc) is 3.05. The van der Waals surface area contributed by atoms with Crippen LogP contribution in [0.1, 0.15) is 26.2 Å². The Bertz CT molecular complexity index is 456. The van der Waals surface area contributed by atoms with Crippen molar-refractivity contribution in [1.82, 2.24) is 10.2 Å². The molecule has 7 heteroatoms. The van der Waals surface area contributed by atoms with E-state index in [4.69, 9.17) is 0 Å². The Morgan fingerprint density at radius 3 is 2.39 bits per heavy atom. The molecule has 0 aromatic carbocycles. The molecule has 1 atom stereocenters. The molecule has 1 N–H and O–H groups in total. The highest BCUT2D eigenvalue weighted by atomic mass is 32.2. The number of hydrogen-bond donors (Lipinski definition) is 1. The van der Waals surface area contributed by atoms with Crippen LogP contribution in [-0.2, 0) is 14.6 Å². The average molecular weight is 274 g/mol. The summed E-state index contributed by atoms with van der Waals surface area (Å²) in [5.74, 6) is -0.136. The lowest BCUT2D eigenvalue weighted by Crippen LogP contribution is -2.48. The van der Waals surface area contributed by atoms with Gasteiger partial charge in [-0.15, -0.1) is 0 Å². The maximum atomic E-state index is 11.9. The Labute approximate surface area is 107 Å². The third kappa shape index (κ3) is 3.01. The quantitative estimate of drug-likeness (QED) is 0.793. The first-order valence-electron chi connectivity index (χ1n) is 6.25. The van der Waals surface area contributed by atoms with Crippen molar-refractivity contribution in [1.29, 1.82) is 0 Å². The minimum atomic E-state index is -3.02. The molecule has 2 aliphatic rings. The Morgan fingerprint density at radius 2 is 1.94 bits per heavy atom. The van der Waals surface area contributed by atoms with Crippen LogP contribution in [0.5, 0.6) is 0 Å². The van der Waals surface area contributed by atoms with E-state index in [0.717, 1.165) is 12.8 Å². The van der Waals surface area contributed by atoms with Gasteiger partial charge in [-0.25, -0.2) is 13.2 Å². The Hall–Kier alpha value is -1.11. The molecule has 1 saturated carbocycles. The molecule has 18 heavy (non-hydrogen) atoms. The molecule has 0 bridgehead atoms. The summed E-state index contributed by atoms with van der Waals surface area (Å²) in [6, 6.07) is -0.761. The minimum absolute atomic E-state index is 0.00583. The van der Waals surface area contributed by atoms with Gasteiger partial charge in [-0.3, -0.25) is 10.1 Å². The molecule has 2 rings (SSSR count). The lowest BCUT2D eigenvalue weighted by molar-refractivity contribution is -0.121. The molecule has 3 amide bonds. The maximum Gasteiger partial charge on any atom is 0.324 e. The topological polar surface area (TPSA) is 83.6 Å². The van der Waals surface area contributed by atoms with Crippen LogP contribution < -0.4 is 5.32 Å². The minimum Gasteiger partial charge on any atom is -0.321 e. The number of carbonyl (C=O) groups excluding carboxylic acids is 2. The first-order valence-corrected chi connectivity index (χ1v) is 8.07. The zero-order chi connectivity index (χ0) is 13.3. The van der Waals surface area contributed by atoms with Crippen LogP contribution >= 0.6 is 0 Å². The van der Waals surface area contributed by atoms with Gasteiger partial charge >= 0.3 is 6.03 Å². The molecule has 0 radical (unpaired) electrons. The van der Waals surface area contributed by atoms with E-state index in [-0.39, 0.29) is 29.4 Å². The van der Waals surface area contributed by atoms with Crippen LogP contribution in [0.25, 0.3) is 0 Å². The highest BCUT2D eigenvalue weighted by Gasteiger charge is 2.36. The van der Waals surface area contributed by atoms with Gasteiger partial charge < -0.3 is 4.90 Å². The van der Waals surface area contributed by atoms with Crippen molar-refractivity contribution in [3.05, 3.63) is 0 Å². The van der Waals surface area contributed by atoms with E-state index >= 15 is 0 Å². The Balaban J connectivity index is 1.95. The zero-order valence-corrected chi connectivity index (χ0v) is 11.2. The third-order valence-corrected chi connectivity index (χ3v) is 5.18. The molecule has 102 valence electrons. The number of imide groups is 1. The van der Waals surface area contributed by atoms with Crippen molar-refractivity contribution in [2.45, 2.75) is 32.2 Å². The van der Waals surface area contributed by atoms with E-state index in [9.17, 15) is 18.0 Å². The van der Waals surface area contributed by atoms with Crippen LogP contribution in [0.3, 0.4) is 0 Å². The van der Waals surface area contributed by atoms with Gasteiger partial charge in [0, 0.05) is 18.5 Å². The second-order valence-corrected chi connectivity index (χ2v) is 7.14. The first kappa shape index (κ1) is 13.3. The van der Waals surface area contributed by atoms with Crippen LogP contribution in [0.4, 0.5) is 4.79 Å². The smallest absolute Gasteiger partial charge is 0.321 e. The molecule has 0 spiro atoms. The predicted molar refractivity (Wildman–Crippen MR) is 65.7 cm³/mol. The van der Waals surface area contributed by atoms with Gasteiger partial charge in [0.1, 0.15) is 0 Å². The van der Waals surface area contributed by atoms with Crippen LogP contribution in [0, 0.1) is 5.92 Å². The van der Waals surface area contributed by atoms with Crippen LogP contribution in [0.2, 0.25) is 0 Å². The summed E-state index contributed by atoms with van der Waals surface area (Å²) in [6.07, 6.45) is 2.13. The lowest BCUT2D eigenvalue weighted by atomic mass is 10.2. The number of sulfone groups is 1. The van der Waals surface area contributed by atoms with E-state index in [0.29, 0.717) is 13.0 Å². The molecule has 6 nitrogen and oxygen atoms in total. The van der Waals surface area contributed by atoms with Gasteiger partial charge in [-0.1, -0.05) is 0 Å². The molecular weight excluding hydrogens is 256 g/mol. The van der Waals surface area contributed by atoms with Gasteiger partial charge in [0.05, 0.1) is 11.5 Å². The molecule has 2 fully saturated rings. The summed E-state index contributed by atoms with van der Waals surface area (Å²) in [4.78, 5) is 24.9. The molecule has 1 saturated heterocycles. The van der Waals surface area contributed by atoms with Gasteiger partial charge in [-0.2, -0.15) is 0 Å². The second kappa shape index (κ2) is 4.87. The van der Waals surface area contributed by atoms with Crippen molar-refractivity contribution in [2.75, 3.05) is 18.1 Å². The number of amides is 3. The van der Waals surface area contributed by atoms with Gasteiger partial charge in [-0.05, 0) is 26.2 Å². The van der Waals surface area contributed by atoms with Gasteiger partial charge in [0.15, 0.2) is 9.84 Å². The first-order chi connectivity index (χ1) is 8.43. The number of nitrogens with zero attached hydrogens (tertiary/aromatic N) is 1. The third-order valence-electron chi connectivity index (χ3n) is 3.43. The summed E-state index contributed by atoms with van der Waals surface area (Å²) in [5.41, 5.74) is 0. The number of rotatable bonds is 3. The number of nitrogens with one attached hydrogen (secondary N) is 1. The normalized spacial score (nSPS) is 25.7. The molecule has 1 aliphatic heterocycles. The van der Waals surface area contributed by atoms with Crippen LogP contribution in [-0.4, -0.2) is 49.3 Å². The SMILES string of the molecule is CCN(C(=O)NC(=O)C1CC1)C1CCS(=O)(=O)C1. The predicted octanol–water partition coefficient (Wildman–Crippen LogP) is 0.142. The monoisotopic (exact) mass is 274 g/mol. The Morgan fingerprint density at radius 1 is 1.28 bits per heavy atom. The molecule has 1 unspecified atom stereocenters. The van der Waals surface area contributed by atoms with Gasteiger partial charge in [0.25, 0.3) is 0 Å². The van der Waals surface area contributed by atoms with Crippen molar-refractivity contribution in [3.63, 3.8) is 0 Å². The molecule has 1 aliphatic carbocycles. The van der Waals surface area contributed by atoms with Crippen molar-refractivity contribution < 1.29 is 18.0 Å². The standard InChI is InChI=1S/C11H18N2O4S/c1-2-13(9-5-6-18(16,17)7-9)11(15)12-10(14)8-3-4-8/h8-9H,2-7H2,1H3,(H,12,14,15). The molecule has 0 aromatic heterocycles. The van der Waals surface area contributed by atoms with Crippen molar-refractivity contribution >= 4 is 21.8 Å². The lowest BCUT2D eigenvalue weighted by Gasteiger charge is -2.26. The fourth-order valence-corrected chi connectivity index (χ4v) is 3.94. The van der Waals surface area contributed by atoms with E-state index in [2.05, 4.69) is 5.32 Å². The molecular formula is C11H18N2O4S. The summed E-state index contributed by atoms with van der Waals surface area (Å²) in [7, 11) is -3.02. The summed E-state index contributed by atoms with van der Waals surface area (Å²) in [5, 5.41) is 2.35. The second-order valence-electron chi connectivity index (χ2n) is 4.91. The summed E-state index contributed by atoms with van der Waals surface area (Å²) < 4.78 is 22.8. The highest BCUT2D eigenvalue weighted by Crippen LogP contribution is 2.28. The summed E-state index contributed by atoms with van der Waals surface area (Å²) >= 11 is 0. The zero-order valence-electron chi connectivity index (χ0n) is 10.4. The number of urea groups is 1. The fraction of sp³-hybridized carbons (Fsp3) is 0.818. The molecule has 1 heterocycles. The number of carbonyl (C=O) groups is 2. The van der Waals surface area contributed by atoms with E-state index in [1.807, 2.05) is 0 Å². The summed E-state index contributed by atoms with van der Waals surface area (Å²) in [6.45, 7) is 2.19. The largest absolute Gasteiger partial charge is 0.324 e. The van der Waals surface area contributed by atoms with E-state index < -0.39 is 15.9 Å². The fourth-order valence-electron chi connectivity index (χ4n) is 2.21. The van der Waals surface area contributed by atoms with Crippen molar-refractivity contribution in [3.8, 4) is 0 Å². The highest BCUT2D eigenvalue weighted by molar-refractivity contribution is 7.91. The van der Waals surface area contributed by atoms with Crippen molar-refractivity contribution in [2.24, 2.45) is 5.92 Å². The van der Waals surface area contributed by atoms with E-state index in [1.165, 1.54) is 4.90 Å². The van der Waals surface area contributed by atoms with E-state index in [1.54, 1.807) is 6.92 Å².